The van der Waals surface area contributed by atoms with Gasteiger partial charge in [-0.05, 0) is 58.3 Å². The lowest BCUT2D eigenvalue weighted by molar-refractivity contribution is -0.147. The van der Waals surface area contributed by atoms with Crippen LogP contribution >= 0.6 is 0 Å². The minimum atomic E-state index is -0.739. The molecule has 1 aliphatic carbocycles. The van der Waals surface area contributed by atoms with Crippen molar-refractivity contribution in [2.24, 2.45) is 16.7 Å². The summed E-state index contributed by atoms with van der Waals surface area (Å²) in [4.78, 5) is 22.2. The monoisotopic (exact) mass is 356 g/mol. The highest BCUT2D eigenvalue weighted by Crippen LogP contribution is 2.50. The zero-order valence-corrected chi connectivity index (χ0v) is 15.9. The van der Waals surface area contributed by atoms with Crippen molar-refractivity contribution < 1.29 is 24.9 Å². The van der Waals surface area contributed by atoms with Crippen LogP contribution in [0.2, 0.25) is 0 Å². The minimum Gasteiger partial charge on any atom is -0.481 e. The maximum Gasteiger partial charge on any atom is 0.309 e. The first-order valence-electron chi connectivity index (χ1n) is 9.81. The summed E-state index contributed by atoms with van der Waals surface area (Å²) in [5, 5.41) is 27.7. The Kier molecular flexibility index (Phi) is 8.91. The van der Waals surface area contributed by atoms with Gasteiger partial charge >= 0.3 is 11.9 Å². The van der Waals surface area contributed by atoms with Crippen LogP contribution in [0.4, 0.5) is 0 Å². The van der Waals surface area contributed by atoms with Crippen molar-refractivity contribution in [2.75, 3.05) is 6.61 Å². The highest BCUT2D eigenvalue weighted by molar-refractivity contribution is 5.77. The second-order valence-corrected chi connectivity index (χ2v) is 8.52. The summed E-state index contributed by atoms with van der Waals surface area (Å²) < 4.78 is 0. The summed E-state index contributed by atoms with van der Waals surface area (Å²) in [6.45, 7) is 3.74. The van der Waals surface area contributed by atoms with Crippen molar-refractivity contribution in [3.05, 3.63) is 0 Å². The standard InChI is InChI=1S/C20H36O5/c1-19(2,17(22)23)11-7-3-5-9-16(15-21)10-6-4-8-12-20(13-14-20)18(24)25/h16,21H,3-15H2,1-2H3,(H,22,23)(H,24,25). The summed E-state index contributed by atoms with van der Waals surface area (Å²) in [5.74, 6) is -1.05. The maximum absolute atomic E-state index is 11.1. The Bertz CT molecular complexity index is 400. The van der Waals surface area contributed by atoms with E-state index in [1.165, 1.54) is 0 Å². The van der Waals surface area contributed by atoms with Gasteiger partial charge in [-0.1, -0.05) is 38.5 Å². The lowest BCUT2D eigenvalue weighted by Crippen LogP contribution is -2.23. The number of rotatable bonds is 15. The van der Waals surface area contributed by atoms with Crippen molar-refractivity contribution in [3.8, 4) is 0 Å². The second kappa shape index (κ2) is 10.1. The third-order valence-corrected chi connectivity index (χ3v) is 5.83. The van der Waals surface area contributed by atoms with Crippen LogP contribution in [0.5, 0.6) is 0 Å². The van der Waals surface area contributed by atoms with E-state index in [-0.39, 0.29) is 6.61 Å². The predicted octanol–water partition coefficient (Wildman–Crippen LogP) is 4.47. The number of hydrogen-bond acceptors (Lipinski definition) is 3. The van der Waals surface area contributed by atoms with Gasteiger partial charge in [-0.3, -0.25) is 9.59 Å². The van der Waals surface area contributed by atoms with Gasteiger partial charge in [-0.25, -0.2) is 0 Å². The molecule has 0 aromatic carbocycles. The Morgan fingerprint density at radius 1 is 0.960 bits per heavy atom. The lowest BCUT2D eigenvalue weighted by atomic mass is 9.86. The Morgan fingerprint density at radius 3 is 1.96 bits per heavy atom. The second-order valence-electron chi connectivity index (χ2n) is 8.52. The molecule has 0 aliphatic heterocycles. The minimum absolute atomic E-state index is 0.208. The SMILES string of the molecule is CC(C)(CCCCCC(CO)CCCCCC1(C(=O)O)CC1)C(=O)O. The first-order valence-corrected chi connectivity index (χ1v) is 9.81. The molecule has 1 saturated carbocycles. The molecule has 0 heterocycles. The topological polar surface area (TPSA) is 94.8 Å². The molecule has 5 heteroatoms. The van der Waals surface area contributed by atoms with Crippen molar-refractivity contribution in [3.63, 3.8) is 0 Å². The molecule has 0 radical (unpaired) electrons. The van der Waals surface area contributed by atoms with Crippen molar-refractivity contribution >= 4 is 11.9 Å². The number of aliphatic hydroxyl groups is 1. The number of hydrogen-bond donors (Lipinski definition) is 3. The fourth-order valence-corrected chi connectivity index (χ4v) is 3.41. The summed E-state index contributed by atoms with van der Waals surface area (Å²) in [7, 11) is 0. The van der Waals surface area contributed by atoms with Gasteiger partial charge in [-0.2, -0.15) is 0 Å². The molecule has 1 rings (SSSR count). The molecule has 5 nitrogen and oxygen atoms in total. The number of carbonyl (C=O) groups is 2. The van der Waals surface area contributed by atoms with Crippen LogP contribution in [-0.4, -0.2) is 33.9 Å². The van der Waals surface area contributed by atoms with Gasteiger partial charge in [0.15, 0.2) is 0 Å². The molecule has 1 atom stereocenters. The van der Waals surface area contributed by atoms with Gasteiger partial charge in [0.2, 0.25) is 0 Å². The van der Waals surface area contributed by atoms with Crippen LogP contribution in [0, 0.1) is 16.7 Å². The average molecular weight is 357 g/mol. The highest BCUT2D eigenvalue weighted by Gasteiger charge is 2.49. The lowest BCUT2D eigenvalue weighted by Gasteiger charge is -2.19. The number of aliphatic hydroxyl groups excluding tert-OH is 1. The molecule has 0 aromatic rings. The van der Waals surface area contributed by atoms with Gasteiger partial charge < -0.3 is 15.3 Å². The van der Waals surface area contributed by atoms with Gasteiger partial charge in [0.1, 0.15) is 0 Å². The zero-order valence-electron chi connectivity index (χ0n) is 15.9. The summed E-state index contributed by atoms with van der Waals surface area (Å²) in [5.41, 5.74) is -1.05. The Hall–Kier alpha value is -1.10. The van der Waals surface area contributed by atoms with E-state index in [9.17, 15) is 14.7 Å². The van der Waals surface area contributed by atoms with Crippen LogP contribution < -0.4 is 0 Å². The van der Waals surface area contributed by atoms with E-state index in [2.05, 4.69) is 0 Å². The fourth-order valence-electron chi connectivity index (χ4n) is 3.41. The van der Waals surface area contributed by atoms with E-state index < -0.39 is 22.8 Å². The fraction of sp³-hybridized carbons (Fsp3) is 0.900. The van der Waals surface area contributed by atoms with Crippen LogP contribution in [-0.2, 0) is 9.59 Å². The third-order valence-electron chi connectivity index (χ3n) is 5.83. The van der Waals surface area contributed by atoms with E-state index in [4.69, 9.17) is 10.2 Å². The number of aliphatic carboxylic acids is 2. The Balaban J connectivity index is 2.04. The van der Waals surface area contributed by atoms with Crippen molar-refractivity contribution in [1.29, 1.82) is 0 Å². The Morgan fingerprint density at radius 2 is 1.52 bits per heavy atom. The van der Waals surface area contributed by atoms with E-state index in [0.717, 1.165) is 70.6 Å². The normalized spacial score (nSPS) is 17.2. The van der Waals surface area contributed by atoms with Crippen LogP contribution in [0.1, 0.15) is 90.9 Å². The smallest absolute Gasteiger partial charge is 0.309 e. The largest absolute Gasteiger partial charge is 0.481 e. The number of carboxylic acids is 2. The van der Waals surface area contributed by atoms with Crippen LogP contribution in [0.15, 0.2) is 0 Å². The van der Waals surface area contributed by atoms with Crippen LogP contribution in [0.3, 0.4) is 0 Å². The number of carboxylic acid groups (broad SMARTS) is 2. The van der Waals surface area contributed by atoms with E-state index >= 15 is 0 Å². The Labute approximate surface area is 151 Å². The zero-order chi connectivity index (χ0) is 18.9. The third kappa shape index (κ3) is 7.76. The van der Waals surface area contributed by atoms with E-state index in [0.29, 0.717) is 12.3 Å². The molecule has 0 aromatic heterocycles. The van der Waals surface area contributed by atoms with Gasteiger partial charge in [0.25, 0.3) is 0 Å². The molecule has 0 spiro atoms. The molecule has 146 valence electrons. The van der Waals surface area contributed by atoms with E-state index in [1.54, 1.807) is 13.8 Å². The average Bonchev–Trinajstić information content (AvgIpc) is 3.33. The highest BCUT2D eigenvalue weighted by atomic mass is 16.4. The first kappa shape index (κ1) is 21.9. The van der Waals surface area contributed by atoms with Gasteiger partial charge in [0, 0.05) is 6.61 Å². The molecule has 0 saturated heterocycles. The summed E-state index contributed by atoms with van der Waals surface area (Å²) in [6.07, 6.45) is 11.1. The molecule has 0 amide bonds. The molecular formula is C20H36O5. The molecule has 1 unspecified atom stereocenters. The molecule has 25 heavy (non-hydrogen) atoms. The van der Waals surface area contributed by atoms with E-state index in [1.807, 2.05) is 0 Å². The molecule has 1 aliphatic rings. The molecular weight excluding hydrogens is 320 g/mol. The quantitative estimate of drug-likeness (QED) is 0.376. The predicted molar refractivity (Wildman–Crippen MR) is 97.5 cm³/mol. The van der Waals surface area contributed by atoms with Gasteiger partial charge in [0.05, 0.1) is 10.8 Å². The summed E-state index contributed by atoms with van der Waals surface area (Å²) in [6, 6.07) is 0. The van der Waals surface area contributed by atoms with Crippen LogP contribution in [0.25, 0.3) is 0 Å². The van der Waals surface area contributed by atoms with Gasteiger partial charge in [-0.15, -0.1) is 0 Å². The van der Waals surface area contributed by atoms with Crippen molar-refractivity contribution in [2.45, 2.75) is 90.9 Å². The number of unbranched alkanes of at least 4 members (excludes halogenated alkanes) is 4. The molecule has 1 fully saturated rings. The molecule has 3 N–H and O–H groups in total. The summed E-state index contributed by atoms with van der Waals surface area (Å²) >= 11 is 0. The van der Waals surface area contributed by atoms with Crippen molar-refractivity contribution in [1.82, 2.24) is 0 Å². The first-order chi connectivity index (χ1) is 11.7. The molecule has 0 bridgehead atoms. The maximum atomic E-state index is 11.1.